The van der Waals surface area contributed by atoms with Gasteiger partial charge >= 0.3 is 0 Å². The smallest absolute Gasteiger partial charge is 0.237 e. The highest BCUT2D eigenvalue weighted by atomic mass is 32.4. The lowest BCUT2D eigenvalue weighted by atomic mass is 10.4. The van der Waals surface area contributed by atoms with Crippen molar-refractivity contribution in [1.29, 1.82) is 0 Å². The molecule has 0 radical (unpaired) electrons. The Hall–Kier alpha value is -1.19. The molecule has 2 amide bonds. The lowest BCUT2D eigenvalue weighted by Gasteiger charge is -2.42. The van der Waals surface area contributed by atoms with Gasteiger partial charge in [-0.2, -0.15) is 0 Å². The molecule has 6 heteroatoms. The predicted octanol–water partition coefficient (Wildman–Crippen LogP) is 0.942. The molecule has 0 aliphatic carbocycles. The first-order chi connectivity index (χ1) is 7.98. The average Bonchev–Trinajstić information content (AvgIpc) is 2.35. The molecule has 4 nitrogen and oxygen atoms in total. The van der Waals surface area contributed by atoms with Crippen LogP contribution in [0.4, 0.5) is 0 Å². The van der Waals surface area contributed by atoms with Crippen LogP contribution in [0.15, 0.2) is 30.3 Å². The van der Waals surface area contributed by atoms with Crippen LogP contribution in [0.1, 0.15) is 6.42 Å². The molecule has 0 atom stereocenters. The molecule has 0 N–H and O–H groups in total. The minimum absolute atomic E-state index is 0.0851. The Labute approximate surface area is 105 Å². The zero-order valence-corrected chi connectivity index (χ0v) is 11.4. The molecule has 1 heterocycles. The largest absolute Gasteiger partial charge is 0.298 e. The summed E-state index contributed by atoms with van der Waals surface area (Å²) in [6, 6.07) is 9.38. The Balaban J connectivity index is 2.57. The first-order valence-electron chi connectivity index (χ1n) is 5.17. The van der Waals surface area contributed by atoms with Crippen LogP contribution >= 0.6 is 6.34 Å². The fraction of sp³-hybridized carbons (Fsp3) is 0.273. The van der Waals surface area contributed by atoms with Crippen molar-refractivity contribution in [2.75, 3.05) is 14.1 Å². The van der Waals surface area contributed by atoms with Crippen molar-refractivity contribution in [2.45, 2.75) is 6.42 Å². The van der Waals surface area contributed by atoms with E-state index in [2.05, 4.69) is 0 Å². The molecule has 0 spiro atoms. The minimum atomic E-state index is -2.46. The summed E-state index contributed by atoms with van der Waals surface area (Å²) in [7, 11) is 3.36. The average molecular weight is 268 g/mol. The van der Waals surface area contributed by atoms with Gasteiger partial charge in [0.25, 0.3) is 0 Å². The van der Waals surface area contributed by atoms with Crippen molar-refractivity contribution in [2.24, 2.45) is 0 Å². The molecule has 0 aromatic heterocycles. The van der Waals surface area contributed by atoms with Gasteiger partial charge in [-0.25, -0.2) is 0 Å². The second-order valence-electron chi connectivity index (χ2n) is 3.89. The molecule has 2 rings (SSSR count). The maximum absolute atomic E-state index is 11.8. The molecule has 0 saturated carbocycles. The van der Waals surface area contributed by atoms with E-state index in [0.717, 1.165) is 5.30 Å². The molecule has 90 valence electrons. The summed E-state index contributed by atoms with van der Waals surface area (Å²) in [6.07, 6.45) is -2.54. The van der Waals surface area contributed by atoms with Gasteiger partial charge in [-0.15, -0.1) is 0 Å². The van der Waals surface area contributed by atoms with E-state index >= 15 is 0 Å². The molecule has 0 unspecified atom stereocenters. The normalized spacial score (nSPS) is 19.6. The number of hydrogen-bond acceptors (Lipinski definition) is 3. The van der Waals surface area contributed by atoms with Crippen molar-refractivity contribution in [3.63, 3.8) is 0 Å². The van der Waals surface area contributed by atoms with Crippen molar-refractivity contribution in [3.05, 3.63) is 30.3 Å². The van der Waals surface area contributed by atoms with E-state index in [1.54, 1.807) is 23.4 Å². The Kier molecular flexibility index (Phi) is 3.06. The third-order valence-electron chi connectivity index (χ3n) is 2.93. The van der Waals surface area contributed by atoms with Crippen LogP contribution in [0.25, 0.3) is 0 Å². The van der Waals surface area contributed by atoms with Gasteiger partial charge in [0.05, 0.1) is 0 Å². The van der Waals surface area contributed by atoms with Crippen LogP contribution in [0, 0.1) is 0 Å². The summed E-state index contributed by atoms with van der Waals surface area (Å²) >= 11 is 5.64. The van der Waals surface area contributed by atoms with Crippen LogP contribution < -0.4 is 5.30 Å². The number of nitrogens with zero attached hydrogens (tertiary/aromatic N) is 2. The molecule has 1 aromatic carbocycles. The number of carbonyl (C=O) groups excluding carboxylic acids is 2. The van der Waals surface area contributed by atoms with Gasteiger partial charge in [-0.1, -0.05) is 30.3 Å². The maximum atomic E-state index is 11.8. The van der Waals surface area contributed by atoms with E-state index in [9.17, 15) is 9.59 Å². The van der Waals surface area contributed by atoms with E-state index in [1.807, 2.05) is 30.3 Å². The second-order valence-corrected chi connectivity index (χ2v) is 8.22. The van der Waals surface area contributed by atoms with Gasteiger partial charge in [0.15, 0.2) is 6.34 Å². The Morgan fingerprint density at radius 3 is 2.00 bits per heavy atom. The van der Waals surface area contributed by atoms with Crippen LogP contribution in [0.5, 0.6) is 0 Å². The summed E-state index contributed by atoms with van der Waals surface area (Å²) in [5, 5.41) is 0.862. The van der Waals surface area contributed by atoms with Gasteiger partial charge in [0.2, 0.25) is 11.8 Å². The van der Waals surface area contributed by atoms with E-state index in [1.165, 1.54) is 0 Å². The van der Waals surface area contributed by atoms with E-state index in [4.69, 9.17) is 11.8 Å². The van der Waals surface area contributed by atoms with E-state index in [-0.39, 0.29) is 18.2 Å². The highest BCUT2D eigenvalue weighted by molar-refractivity contribution is 8.16. The monoisotopic (exact) mass is 268 g/mol. The van der Waals surface area contributed by atoms with Gasteiger partial charge in [0, 0.05) is 19.4 Å². The summed E-state index contributed by atoms with van der Waals surface area (Å²) in [5.41, 5.74) is 0. The van der Waals surface area contributed by atoms with Crippen molar-refractivity contribution in [3.8, 4) is 0 Å². The van der Waals surface area contributed by atoms with Crippen molar-refractivity contribution in [1.82, 2.24) is 9.34 Å². The van der Waals surface area contributed by atoms with Gasteiger partial charge < -0.3 is 0 Å². The van der Waals surface area contributed by atoms with E-state index < -0.39 is 6.34 Å². The maximum Gasteiger partial charge on any atom is 0.237 e. The van der Waals surface area contributed by atoms with Crippen LogP contribution in [-0.4, -0.2) is 35.3 Å². The fourth-order valence-electron chi connectivity index (χ4n) is 1.83. The van der Waals surface area contributed by atoms with Gasteiger partial charge in [-0.3, -0.25) is 18.9 Å². The van der Waals surface area contributed by atoms with Gasteiger partial charge in [-0.05, 0) is 11.8 Å². The molecular formula is C11H13N2O2PS. The lowest BCUT2D eigenvalue weighted by Crippen LogP contribution is -2.45. The van der Waals surface area contributed by atoms with Gasteiger partial charge in [0.1, 0.15) is 6.42 Å². The second kappa shape index (κ2) is 4.24. The molecule has 0 bridgehead atoms. The van der Waals surface area contributed by atoms with Crippen molar-refractivity contribution >= 4 is 35.3 Å². The summed E-state index contributed by atoms with van der Waals surface area (Å²) in [4.78, 5) is 23.6. The van der Waals surface area contributed by atoms with Crippen molar-refractivity contribution < 1.29 is 9.59 Å². The summed E-state index contributed by atoms with van der Waals surface area (Å²) in [5.74, 6) is -0.388. The standard InChI is InChI=1S/C11H13N2O2PS/c1-12-10(14)8-11(15)13(2)16(12,17)9-6-4-3-5-7-9/h3-7H,8H2,1-2H3. The lowest BCUT2D eigenvalue weighted by molar-refractivity contribution is -0.136. The molecular weight excluding hydrogens is 255 g/mol. The molecule has 1 fully saturated rings. The topological polar surface area (TPSA) is 40.6 Å². The number of amides is 2. The Morgan fingerprint density at radius 2 is 1.53 bits per heavy atom. The molecule has 17 heavy (non-hydrogen) atoms. The number of benzene rings is 1. The zero-order valence-electron chi connectivity index (χ0n) is 9.66. The Bertz CT molecular complexity index is 493. The SMILES string of the molecule is CN1C(=O)CC(=O)N(C)P1(=S)c1ccccc1. The highest BCUT2D eigenvalue weighted by Gasteiger charge is 2.41. The molecule has 1 aliphatic rings. The zero-order chi connectivity index (χ0) is 12.6. The Morgan fingerprint density at radius 1 is 1.06 bits per heavy atom. The highest BCUT2D eigenvalue weighted by Crippen LogP contribution is 2.53. The molecule has 1 aliphatic heterocycles. The third-order valence-corrected chi connectivity index (χ3v) is 8.08. The minimum Gasteiger partial charge on any atom is -0.298 e. The summed E-state index contributed by atoms with van der Waals surface area (Å²) in [6.45, 7) is 0. The number of carbonyl (C=O) groups is 2. The summed E-state index contributed by atoms with van der Waals surface area (Å²) < 4.78 is 3.11. The fourth-order valence-corrected chi connectivity index (χ4v) is 5.14. The first kappa shape index (κ1) is 12.3. The third kappa shape index (κ3) is 1.79. The van der Waals surface area contributed by atoms with Crippen LogP contribution in [0.2, 0.25) is 0 Å². The van der Waals surface area contributed by atoms with Crippen LogP contribution in [0.3, 0.4) is 0 Å². The quantitative estimate of drug-likeness (QED) is 0.562. The van der Waals surface area contributed by atoms with E-state index in [0.29, 0.717) is 0 Å². The predicted molar refractivity (Wildman–Crippen MR) is 70.5 cm³/mol. The molecule has 1 aromatic rings. The first-order valence-corrected chi connectivity index (χ1v) is 7.88. The number of hydrogen-bond donors (Lipinski definition) is 0. The van der Waals surface area contributed by atoms with Crippen LogP contribution in [-0.2, 0) is 21.4 Å². The molecule has 1 saturated heterocycles. The number of rotatable bonds is 1.